The summed E-state index contributed by atoms with van der Waals surface area (Å²) in [6.07, 6.45) is 0. The lowest BCUT2D eigenvalue weighted by Gasteiger charge is -2.10. The van der Waals surface area contributed by atoms with Crippen molar-refractivity contribution in [3.05, 3.63) is 54.1 Å². The maximum Gasteiger partial charge on any atom is 0.192 e. The first kappa shape index (κ1) is 15.2. The molecule has 0 aliphatic carbocycles. The van der Waals surface area contributed by atoms with Crippen molar-refractivity contribution in [3.63, 3.8) is 0 Å². The van der Waals surface area contributed by atoms with E-state index in [0.717, 1.165) is 11.1 Å². The Bertz CT molecular complexity index is 475. The molecule has 0 bridgehead atoms. The lowest BCUT2D eigenvalue weighted by molar-refractivity contribution is 0.0794. The van der Waals surface area contributed by atoms with Gasteiger partial charge in [0.15, 0.2) is 5.78 Å². The molecule has 0 spiro atoms. The van der Waals surface area contributed by atoms with Crippen molar-refractivity contribution in [1.29, 1.82) is 0 Å². The third-order valence-corrected chi connectivity index (χ3v) is 2.24. The van der Waals surface area contributed by atoms with Gasteiger partial charge in [0.1, 0.15) is 19.0 Å². The van der Waals surface area contributed by atoms with Crippen molar-refractivity contribution in [3.8, 4) is 5.75 Å². The highest BCUT2D eigenvalue weighted by Crippen LogP contribution is 2.19. The predicted octanol–water partition coefficient (Wildman–Crippen LogP) is 3.42. The summed E-state index contributed by atoms with van der Waals surface area (Å²) in [4.78, 5) is 12.0. The van der Waals surface area contributed by atoms with Crippen molar-refractivity contribution in [2.75, 3.05) is 19.8 Å². The fourth-order valence-electron chi connectivity index (χ4n) is 1.42. The van der Waals surface area contributed by atoms with E-state index in [0.29, 0.717) is 24.5 Å². The molecule has 1 rings (SSSR count). The van der Waals surface area contributed by atoms with Gasteiger partial charge in [0.2, 0.25) is 0 Å². The molecule has 0 heterocycles. The number of rotatable bonds is 8. The summed E-state index contributed by atoms with van der Waals surface area (Å²) < 4.78 is 10.8. The molecule has 0 aliphatic rings. The molecule has 0 radical (unpaired) electrons. The van der Waals surface area contributed by atoms with Gasteiger partial charge in [0.05, 0.1) is 12.2 Å². The van der Waals surface area contributed by atoms with Gasteiger partial charge in [0.25, 0.3) is 0 Å². The van der Waals surface area contributed by atoms with Gasteiger partial charge in [-0.1, -0.05) is 30.9 Å². The highest BCUT2D eigenvalue weighted by Gasteiger charge is 2.12. The summed E-state index contributed by atoms with van der Waals surface area (Å²) in [5.41, 5.74) is 2.32. The number of benzene rings is 1. The van der Waals surface area contributed by atoms with Gasteiger partial charge in [-0.25, -0.2) is 0 Å². The SMILES string of the molecule is C=C(C)COCC(=O)c1ccccc1OCC(=C)C. The van der Waals surface area contributed by atoms with E-state index in [-0.39, 0.29) is 12.4 Å². The minimum absolute atomic E-state index is 0.0281. The average molecular weight is 260 g/mol. The number of para-hydroxylation sites is 1. The zero-order chi connectivity index (χ0) is 14.3. The Balaban J connectivity index is 2.67. The van der Waals surface area contributed by atoms with E-state index in [9.17, 15) is 4.79 Å². The Hall–Kier alpha value is -1.87. The van der Waals surface area contributed by atoms with Crippen molar-refractivity contribution in [2.24, 2.45) is 0 Å². The van der Waals surface area contributed by atoms with Crippen molar-refractivity contribution in [1.82, 2.24) is 0 Å². The Morgan fingerprint density at radius 3 is 2.32 bits per heavy atom. The first-order valence-electron chi connectivity index (χ1n) is 6.12. The lowest BCUT2D eigenvalue weighted by Crippen LogP contribution is -2.12. The minimum atomic E-state index is -0.0986. The molecule has 0 unspecified atom stereocenters. The molecule has 1 aromatic rings. The molecule has 3 nitrogen and oxygen atoms in total. The Morgan fingerprint density at radius 2 is 1.68 bits per heavy atom. The maximum absolute atomic E-state index is 12.0. The van der Waals surface area contributed by atoms with Crippen molar-refractivity contribution in [2.45, 2.75) is 13.8 Å². The van der Waals surface area contributed by atoms with Gasteiger partial charge < -0.3 is 9.47 Å². The maximum atomic E-state index is 12.0. The summed E-state index contributed by atoms with van der Waals surface area (Å²) in [7, 11) is 0. The second-order valence-electron chi connectivity index (χ2n) is 4.62. The zero-order valence-corrected chi connectivity index (χ0v) is 11.6. The molecule has 0 atom stereocenters. The predicted molar refractivity (Wildman–Crippen MR) is 76.7 cm³/mol. The number of hydrogen-bond acceptors (Lipinski definition) is 3. The molecule has 0 aromatic heterocycles. The third-order valence-electron chi connectivity index (χ3n) is 2.24. The van der Waals surface area contributed by atoms with Crippen LogP contribution in [0.1, 0.15) is 24.2 Å². The number of Topliss-reactive ketones (excluding diaryl/α,β-unsaturated/α-hetero) is 1. The van der Waals surface area contributed by atoms with E-state index in [4.69, 9.17) is 9.47 Å². The third kappa shape index (κ3) is 5.53. The van der Waals surface area contributed by atoms with Crippen LogP contribution in [0.25, 0.3) is 0 Å². The summed E-state index contributed by atoms with van der Waals surface area (Å²) in [5.74, 6) is 0.466. The molecule has 0 aliphatic heterocycles. The molecule has 0 saturated carbocycles. The number of hydrogen-bond donors (Lipinski definition) is 0. The van der Waals surface area contributed by atoms with Crippen molar-refractivity contribution < 1.29 is 14.3 Å². The molecule has 0 N–H and O–H groups in total. The summed E-state index contributed by atoms with van der Waals surface area (Å²) in [5, 5.41) is 0. The molecule has 0 amide bonds. The second kappa shape index (κ2) is 7.54. The molecule has 1 aromatic carbocycles. The van der Waals surface area contributed by atoms with E-state index in [1.54, 1.807) is 18.2 Å². The van der Waals surface area contributed by atoms with Crippen LogP contribution in [0, 0.1) is 0 Å². The summed E-state index contributed by atoms with van der Waals surface area (Å²) in [6.45, 7) is 12.0. The van der Waals surface area contributed by atoms with Crippen LogP contribution in [0.4, 0.5) is 0 Å². The van der Waals surface area contributed by atoms with Crippen LogP contribution >= 0.6 is 0 Å². The molecule has 3 heteroatoms. The highest BCUT2D eigenvalue weighted by molar-refractivity contribution is 5.99. The number of carbonyl (C=O) groups is 1. The number of ether oxygens (including phenoxy) is 2. The van der Waals surface area contributed by atoms with E-state index in [2.05, 4.69) is 13.2 Å². The quantitative estimate of drug-likeness (QED) is 0.530. The molecular formula is C16H20O3. The first-order valence-corrected chi connectivity index (χ1v) is 6.12. The Kier molecular flexibility index (Phi) is 6.03. The zero-order valence-electron chi connectivity index (χ0n) is 11.6. The van der Waals surface area contributed by atoms with Crippen LogP contribution in [0.5, 0.6) is 5.75 Å². The van der Waals surface area contributed by atoms with E-state index < -0.39 is 0 Å². The monoisotopic (exact) mass is 260 g/mol. The van der Waals surface area contributed by atoms with Gasteiger partial charge in [0, 0.05) is 0 Å². The van der Waals surface area contributed by atoms with Crippen molar-refractivity contribution >= 4 is 5.78 Å². The van der Waals surface area contributed by atoms with Crippen LogP contribution < -0.4 is 4.74 Å². The molecule has 0 saturated heterocycles. The standard InChI is InChI=1S/C16H20O3/c1-12(2)9-18-11-15(17)14-7-5-6-8-16(14)19-10-13(3)4/h5-8H,1,3,9-11H2,2,4H3. The van der Waals surface area contributed by atoms with Crippen LogP contribution in [0.3, 0.4) is 0 Å². The van der Waals surface area contributed by atoms with Gasteiger partial charge in [-0.05, 0) is 31.6 Å². The molecule has 102 valence electrons. The van der Waals surface area contributed by atoms with Crippen LogP contribution in [-0.2, 0) is 4.74 Å². The van der Waals surface area contributed by atoms with E-state index >= 15 is 0 Å². The largest absolute Gasteiger partial charge is 0.489 e. The van der Waals surface area contributed by atoms with Gasteiger partial charge in [-0.2, -0.15) is 0 Å². The molecular weight excluding hydrogens is 240 g/mol. The second-order valence-corrected chi connectivity index (χ2v) is 4.62. The molecule has 0 fully saturated rings. The van der Waals surface area contributed by atoms with Gasteiger partial charge >= 0.3 is 0 Å². The van der Waals surface area contributed by atoms with Gasteiger partial charge in [-0.3, -0.25) is 4.79 Å². The van der Waals surface area contributed by atoms with Gasteiger partial charge in [-0.15, -0.1) is 0 Å². The Morgan fingerprint density at radius 1 is 1.05 bits per heavy atom. The number of carbonyl (C=O) groups excluding carboxylic acids is 1. The Labute approximate surface area is 114 Å². The normalized spacial score (nSPS) is 10.0. The smallest absolute Gasteiger partial charge is 0.192 e. The highest BCUT2D eigenvalue weighted by atomic mass is 16.5. The summed E-state index contributed by atoms with van der Waals surface area (Å²) >= 11 is 0. The van der Waals surface area contributed by atoms with E-state index in [1.807, 2.05) is 19.9 Å². The average Bonchev–Trinajstić information content (AvgIpc) is 2.36. The minimum Gasteiger partial charge on any atom is -0.489 e. The first-order chi connectivity index (χ1) is 9.00. The fourth-order valence-corrected chi connectivity index (χ4v) is 1.42. The van der Waals surface area contributed by atoms with Crippen LogP contribution in [0.2, 0.25) is 0 Å². The fraction of sp³-hybridized carbons (Fsp3) is 0.312. The van der Waals surface area contributed by atoms with E-state index in [1.165, 1.54) is 0 Å². The summed E-state index contributed by atoms with van der Waals surface area (Å²) in [6, 6.07) is 7.15. The molecule has 19 heavy (non-hydrogen) atoms. The topological polar surface area (TPSA) is 35.5 Å². The number of ketones is 1. The van der Waals surface area contributed by atoms with Crippen LogP contribution in [0.15, 0.2) is 48.6 Å². The van der Waals surface area contributed by atoms with Crippen LogP contribution in [-0.4, -0.2) is 25.6 Å². The lowest BCUT2D eigenvalue weighted by atomic mass is 10.1.